The standard InChI is InChI=1S/C16H18N4OS/c1-3-6-13-9-14(21)17-15-18-19-16(20(13)15)22-10-12-8-5-4-7-11(12)2/h4-5,7-9H,3,6,10H2,1-2H3,(H,17,18,21). The maximum absolute atomic E-state index is 11.7. The molecule has 0 saturated carbocycles. The van der Waals surface area contributed by atoms with Crippen molar-refractivity contribution in [3.8, 4) is 0 Å². The van der Waals surface area contributed by atoms with Gasteiger partial charge < -0.3 is 0 Å². The van der Waals surface area contributed by atoms with Gasteiger partial charge in [0.1, 0.15) is 0 Å². The minimum Gasteiger partial charge on any atom is -0.291 e. The van der Waals surface area contributed by atoms with Gasteiger partial charge >= 0.3 is 0 Å². The van der Waals surface area contributed by atoms with E-state index in [1.807, 2.05) is 16.5 Å². The molecule has 0 atom stereocenters. The Morgan fingerprint density at radius 2 is 2.09 bits per heavy atom. The number of benzene rings is 1. The number of nitrogens with zero attached hydrogens (tertiary/aromatic N) is 3. The van der Waals surface area contributed by atoms with Crippen LogP contribution in [-0.4, -0.2) is 19.6 Å². The third-order valence-electron chi connectivity index (χ3n) is 3.58. The molecule has 3 rings (SSSR count). The van der Waals surface area contributed by atoms with E-state index in [0.29, 0.717) is 5.78 Å². The highest BCUT2D eigenvalue weighted by molar-refractivity contribution is 7.98. The second kappa shape index (κ2) is 6.36. The number of thioether (sulfide) groups is 1. The second-order valence-corrected chi connectivity index (χ2v) is 6.17. The van der Waals surface area contributed by atoms with Crippen LogP contribution in [0.3, 0.4) is 0 Å². The summed E-state index contributed by atoms with van der Waals surface area (Å²) in [6, 6.07) is 9.96. The van der Waals surface area contributed by atoms with E-state index in [0.717, 1.165) is 29.4 Å². The minimum absolute atomic E-state index is 0.126. The quantitative estimate of drug-likeness (QED) is 0.735. The molecule has 5 nitrogen and oxygen atoms in total. The van der Waals surface area contributed by atoms with Gasteiger partial charge in [-0.3, -0.25) is 14.2 Å². The smallest absolute Gasteiger partial charge is 0.252 e. The number of rotatable bonds is 5. The van der Waals surface area contributed by atoms with Crippen LogP contribution in [0, 0.1) is 6.92 Å². The van der Waals surface area contributed by atoms with E-state index in [1.165, 1.54) is 11.1 Å². The molecule has 0 fully saturated rings. The van der Waals surface area contributed by atoms with Crippen molar-refractivity contribution in [2.45, 2.75) is 37.6 Å². The zero-order valence-corrected chi connectivity index (χ0v) is 13.5. The second-order valence-electron chi connectivity index (χ2n) is 5.23. The Kier molecular flexibility index (Phi) is 4.29. The summed E-state index contributed by atoms with van der Waals surface area (Å²) in [5.41, 5.74) is 3.38. The fourth-order valence-corrected chi connectivity index (χ4v) is 3.46. The molecule has 0 amide bonds. The Morgan fingerprint density at radius 3 is 2.86 bits per heavy atom. The van der Waals surface area contributed by atoms with Crippen LogP contribution in [0.15, 0.2) is 40.3 Å². The van der Waals surface area contributed by atoms with Crippen LogP contribution < -0.4 is 5.56 Å². The highest BCUT2D eigenvalue weighted by Crippen LogP contribution is 2.23. The Balaban J connectivity index is 1.94. The first-order valence-corrected chi connectivity index (χ1v) is 8.32. The Morgan fingerprint density at radius 1 is 1.27 bits per heavy atom. The van der Waals surface area contributed by atoms with Crippen molar-refractivity contribution in [3.63, 3.8) is 0 Å². The molecule has 0 bridgehead atoms. The van der Waals surface area contributed by atoms with E-state index in [2.05, 4.69) is 41.2 Å². The predicted molar refractivity (Wildman–Crippen MR) is 88.3 cm³/mol. The molecule has 1 N–H and O–H groups in total. The molecule has 6 heteroatoms. The SMILES string of the molecule is CCCc1cc(=O)[nH]c2nnc(SCc3ccccc3C)n12. The minimum atomic E-state index is -0.126. The number of aromatic amines is 1. The van der Waals surface area contributed by atoms with E-state index in [-0.39, 0.29) is 5.56 Å². The van der Waals surface area contributed by atoms with Crippen LogP contribution in [0.25, 0.3) is 5.78 Å². The summed E-state index contributed by atoms with van der Waals surface area (Å²) in [7, 11) is 0. The number of hydrogen-bond acceptors (Lipinski definition) is 4. The van der Waals surface area contributed by atoms with Crippen molar-refractivity contribution in [2.24, 2.45) is 0 Å². The lowest BCUT2D eigenvalue weighted by Crippen LogP contribution is -2.11. The summed E-state index contributed by atoms with van der Waals surface area (Å²) < 4.78 is 1.95. The molecule has 0 saturated heterocycles. The molecule has 0 unspecified atom stereocenters. The summed E-state index contributed by atoms with van der Waals surface area (Å²) in [5, 5.41) is 9.14. The molecular formula is C16H18N4OS. The molecular weight excluding hydrogens is 296 g/mol. The Hall–Kier alpha value is -2.08. The monoisotopic (exact) mass is 314 g/mol. The third kappa shape index (κ3) is 2.92. The molecule has 0 spiro atoms. The fourth-order valence-electron chi connectivity index (χ4n) is 2.42. The lowest BCUT2D eigenvalue weighted by Gasteiger charge is -2.07. The van der Waals surface area contributed by atoms with E-state index in [9.17, 15) is 4.79 Å². The Bertz CT molecular complexity index is 853. The average molecular weight is 314 g/mol. The maximum atomic E-state index is 11.7. The molecule has 0 aliphatic carbocycles. The van der Waals surface area contributed by atoms with E-state index >= 15 is 0 Å². The van der Waals surface area contributed by atoms with Gasteiger partial charge in [0.05, 0.1) is 0 Å². The van der Waals surface area contributed by atoms with Gasteiger partial charge in [-0.1, -0.05) is 49.4 Å². The van der Waals surface area contributed by atoms with Gasteiger partial charge in [-0.25, -0.2) is 0 Å². The van der Waals surface area contributed by atoms with Gasteiger partial charge in [0, 0.05) is 17.5 Å². The normalized spacial score (nSPS) is 11.2. The number of fused-ring (bicyclic) bond motifs is 1. The maximum Gasteiger partial charge on any atom is 0.252 e. The van der Waals surface area contributed by atoms with Crippen molar-refractivity contribution in [3.05, 3.63) is 57.5 Å². The topological polar surface area (TPSA) is 63.0 Å². The zero-order chi connectivity index (χ0) is 15.5. The van der Waals surface area contributed by atoms with Crippen LogP contribution in [-0.2, 0) is 12.2 Å². The lowest BCUT2D eigenvalue weighted by atomic mass is 10.1. The average Bonchev–Trinajstić information content (AvgIpc) is 2.90. The van der Waals surface area contributed by atoms with Gasteiger partial charge in [0.15, 0.2) is 5.16 Å². The molecule has 114 valence electrons. The van der Waals surface area contributed by atoms with Crippen molar-refractivity contribution in [2.75, 3.05) is 0 Å². The molecule has 0 aliphatic heterocycles. The van der Waals surface area contributed by atoms with Crippen LogP contribution in [0.1, 0.15) is 30.2 Å². The number of nitrogens with one attached hydrogen (secondary N) is 1. The number of hydrogen-bond donors (Lipinski definition) is 1. The number of aryl methyl sites for hydroxylation is 2. The van der Waals surface area contributed by atoms with Gasteiger partial charge in [0.25, 0.3) is 5.56 Å². The van der Waals surface area contributed by atoms with Crippen molar-refractivity contribution < 1.29 is 0 Å². The molecule has 0 radical (unpaired) electrons. The summed E-state index contributed by atoms with van der Waals surface area (Å²) >= 11 is 1.64. The van der Waals surface area contributed by atoms with Crippen molar-refractivity contribution in [1.82, 2.24) is 19.6 Å². The summed E-state index contributed by atoms with van der Waals surface area (Å²) in [6.45, 7) is 4.20. The fraction of sp³-hybridized carbons (Fsp3) is 0.312. The lowest BCUT2D eigenvalue weighted by molar-refractivity contribution is 0.800. The molecule has 1 aromatic carbocycles. The Labute approximate surface area is 132 Å². The zero-order valence-electron chi connectivity index (χ0n) is 12.7. The van der Waals surface area contributed by atoms with Crippen LogP contribution >= 0.6 is 11.8 Å². The van der Waals surface area contributed by atoms with Crippen LogP contribution in [0.5, 0.6) is 0 Å². The van der Waals surface area contributed by atoms with Crippen molar-refractivity contribution in [1.29, 1.82) is 0 Å². The van der Waals surface area contributed by atoms with E-state index in [1.54, 1.807) is 17.8 Å². The summed E-state index contributed by atoms with van der Waals surface area (Å²) in [6.07, 6.45) is 1.80. The van der Waals surface area contributed by atoms with Gasteiger partial charge in [-0.15, -0.1) is 10.2 Å². The number of H-pyrrole nitrogens is 1. The van der Waals surface area contributed by atoms with Gasteiger partial charge in [-0.05, 0) is 24.5 Å². The van der Waals surface area contributed by atoms with Crippen LogP contribution in [0.2, 0.25) is 0 Å². The first-order valence-electron chi connectivity index (χ1n) is 7.33. The van der Waals surface area contributed by atoms with E-state index < -0.39 is 0 Å². The first-order chi connectivity index (χ1) is 10.7. The predicted octanol–water partition coefficient (Wildman–Crippen LogP) is 2.97. The van der Waals surface area contributed by atoms with Gasteiger partial charge in [-0.2, -0.15) is 0 Å². The molecule has 2 aromatic heterocycles. The summed E-state index contributed by atoms with van der Waals surface area (Å²) in [5.74, 6) is 1.35. The molecule has 2 heterocycles. The highest BCUT2D eigenvalue weighted by atomic mass is 32.2. The highest BCUT2D eigenvalue weighted by Gasteiger charge is 2.12. The number of aromatic nitrogens is 4. The molecule has 0 aliphatic rings. The third-order valence-corrected chi connectivity index (χ3v) is 4.56. The van der Waals surface area contributed by atoms with Gasteiger partial charge in [0.2, 0.25) is 5.78 Å². The summed E-state index contributed by atoms with van der Waals surface area (Å²) in [4.78, 5) is 14.4. The molecule has 22 heavy (non-hydrogen) atoms. The van der Waals surface area contributed by atoms with Crippen molar-refractivity contribution >= 4 is 17.5 Å². The molecule has 3 aromatic rings. The first kappa shape index (κ1) is 14.8. The van der Waals surface area contributed by atoms with Crippen LogP contribution in [0.4, 0.5) is 0 Å². The largest absolute Gasteiger partial charge is 0.291 e. The van der Waals surface area contributed by atoms with E-state index in [4.69, 9.17) is 0 Å².